The number of carbonyl (C=O) groups excluding carboxylic acids is 1. The monoisotopic (exact) mass is 291 g/mol. The molecule has 0 saturated heterocycles. The molecular weight excluding hydrogens is 278 g/mol. The maximum absolute atomic E-state index is 12.2. The first-order valence-corrected chi connectivity index (χ1v) is 6.84. The van der Waals surface area contributed by atoms with Gasteiger partial charge >= 0.3 is 0 Å². The lowest BCUT2D eigenvalue weighted by Crippen LogP contribution is -2.15. The van der Waals surface area contributed by atoms with E-state index in [4.69, 9.17) is 5.26 Å². The number of hydrogen-bond acceptors (Lipinski definition) is 4. The van der Waals surface area contributed by atoms with Gasteiger partial charge in [-0.25, -0.2) is 4.98 Å². The molecule has 6 heteroatoms. The number of anilines is 1. The van der Waals surface area contributed by atoms with Crippen molar-refractivity contribution >= 4 is 22.9 Å². The summed E-state index contributed by atoms with van der Waals surface area (Å²) in [6, 6.07) is 10.7. The first-order valence-electron chi connectivity index (χ1n) is 6.84. The van der Waals surface area contributed by atoms with Crippen LogP contribution in [0.5, 0.6) is 0 Å². The number of carbonyl (C=O) groups is 1. The molecule has 6 nitrogen and oxygen atoms in total. The maximum atomic E-state index is 12.2. The molecule has 1 amide bonds. The highest BCUT2D eigenvalue weighted by molar-refractivity contribution is 6.04. The van der Waals surface area contributed by atoms with Crippen molar-refractivity contribution in [2.75, 3.05) is 5.32 Å². The zero-order valence-electron chi connectivity index (χ0n) is 11.9. The van der Waals surface area contributed by atoms with Crippen molar-refractivity contribution in [2.24, 2.45) is 0 Å². The van der Waals surface area contributed by atoms with E-state index >= 15 is 0 Å². The van der Waals surface area contributed by atoms with Gasteiger partial charge in [-0.1, -0.05) is 0 Å². The van der Waals surface area contributed by atoms with E-state index < -0.39 is 0 Å². The molecule has 0 bridgehead atoms. The molecule has 108 valence electrons. The number of amides is 1. The number of nitrogens with zero attached hydrogens (tertiary/aromatic N) is 4. The van der Waals surface area contributed by atoms with Crippen LogP contribution in [0, 0.1) is 11.3 Å². The Morgan fingerprint density at radius 1 is 1.32 bits per heavy atom. The van der Waals surface area contributed by atoms with Gasteiger partial charge in [-0.05, 0) is 37.3 Å². The van der Waals surface area contributed by atoms with Crippen LogP contribution >= 0.6 is 0 Å². The minimum atomic E-state index is -0.243. The van der Waals surface area contributed by atoms with Crippen LogP contribution in [0.25, 0.3) is 11.0 Å². The number of benzene rings is 1. The van der Waals surface area contributed by atoms with Crippen molar-refractivity contribution in [1.82, 2.24) is 14.5 Å². The molecule has 1 aromatic carbocycles. The van der Waals surface area contributed by atoms with Crippen LogP contribution in [0.2, 0.25) is 0 Å². The number of aryl methyl sites for hydroxylation is 1. The van der Waals surface area contributed by atoms with Gasteiger partial charge in [0.1, 0.15) is 0 Å². The smallest absolute Gasteiger partial charge is 0.258 e. The average molecular weight is 291 g/mol. The average Bonchev–Trinajstić information content (AvgIpc) is 2.91. The zero-order chi connectivity index (χ0) is 15.5. The Bertz CT molecular complexity index is 877. The second-order valence-electron chi connectivity index (χ2n) is 4.68. The first kappa shape index (κ1) is 13.8. The molecule has 2 aromatic heterocycles. The van der Waals surface area contributed by atoms with Gasteiger partial charge in [-0.15, -0.1) is 0 Å². The van der Waals surface area contributed by atoms with Gasteiger partial charge in [0.25, 0.3) is 5.91 Å². The van der Waals surface area contributed by atoms with Crippen LogP contribution in [0.4, 0.5) is 5.95 Å². The molecule has 0 aliphatic carbocycles. The standard InChI is InChI=1S/C16H13N5O/c1-2-21-14-4-3-11(10-17)9-13(14)19-16(21)20-15(22)12-5-7-18-8-6-12/h3-9H,2H2,1H3,(H,19,20,22). The molecule has 2 heterocycles. The lowest BCUT2D eigenvalue weighted by molar-refractivity contribution is 0.102. The van der Waals surface area contributed by atoms with E-state index in [-0.39, 0.29) is 5.91 Å². The summed E-state index contributed by atoms with van der Waals surface area (Å²) in [4.78, 5) is 20.6. The molecule has 0 aliphatic heterocycles. The summed E-state index contributed by atoms with van der Waals surface area (Å²) in [5.74, 6) is 0.224. The number of rotatable bonds is 3. The minimum Gasteiger partial charge on any atom is -0.310 e. The van der Waals surface area contributed by atoms with Crippen molar-refractivity contribution < 1.29 is 4.79 Å². The van der Waals surface area contributed by atoms with E-state index in [1.165, 1.54) is 0 Å². The number of fused-ring (bicyclic) bond motifs is 1. The van der Waals surface area contributed by atoms with Crippen LogP contribution in [0.1, 0.15) is 22.8 Å². The van der Waals surface area contributed by atoms with Gasteiger partial charge in [0.15, 0.2) is 0 Å². The molecule has 0 spiro atoms. The highest BCUT2D eigenvalue weighted by Crippen LogP contribution is 2.21. The lowest BCUT2D eigenvalue weighted by Gasteiger charge is -2.07. The Hall–Kier alpha value is -3.20. The zero-order valence-corrected chi connectivity index (χ0v) is 11.9. The van der Waals surface area contributed by atoms with Gasteiger partial charge < -0.3 is 4.57 Å². The molecule has 0 unspecified atom stereocenters. The van der Waals surface area contributed by atoms with Crippen LogP contribution in [0.15, 0.2) is 42.7 Å². The molecule has 0 aliphatic rings. The fourth-order valence-electron chi connectivity index (χ4n) is 2.29. The van der Waals surface area contributed by atoms with Gasteiger partial charge in [0, 0.05) is 24.5 Å². The molecule has 1 N–H and O–H groups in total. The Labute approximate surface area is 127 Å². The molecule has 0 atom stereocenters. The van der Waals surface area contributed by atoms with Gasteiger partial charge in [0.2, 0.25) is 5.95 Å². The molecular formula is C16H13N5O. The first-order chi connectivity index (χ1) is 10.7. The second-order valence-corrected chi connectivity index (χ2v) is 4.68. The van der Waals surface area contributed by atoms with E-state index in [1.54, 1.807) is 36.7 Å². The van der Waals surface area contributed by atoms with Gasteiger partial charge in [-0.3, -0.25) is 15.1 Å². The summed E-state index contributed by atoms with van der Waals surface area (Å²) >= 11 is 0. The van der Waals surface area contributed by atoms with E-state index in [1.807, 2.05) is 17.6 Å². The summed E-state index contributed by atoms with van der Waals surface area (Å²) in [7, 11) is 0. The molecule has 0 radical (unpaired) electrons. The number of hydrogen-bond donors (Lipinski definition) is 1. The van der Waals surface area contributed by atoms with Crippen molar-refractivity contribution in [3.63, 3.8) is 0 Å². The quantitative estimate of drug-likeness (QED) is 0.803. The minimum absolute atomic E-state index is 0.243. The number of aromatic nitrogens is 3. The van der Waals surface area contributed by atoms with Crippen molar-refractivity contribution in [3.05, 3.63) is 53.9 Å². The van der Waals surface area contributed by atoms with Crippen LogP contribution in [-0.4, -0.2) is 20.4 Å². The highest BCUT2D eigenvalue weighted by atomic mass is 16.1. The third-order valence-corrected chi connectivity index (χ3v) is 3.36. The summed E-state index contributed by atoms with van der Waals surface area (Å²) < 4.78 is 1.90. The van der Waals surface area contributed by atoms with Crippen molar-refractivity contribution in [2.45, 2.75) is 13.5 Å². The summed E-state index contributed by atoms with van der Waals surface area (Å²) in [6.07, 6.45) is 3.13. The van der Waals surface area contributed by atoms with Crippen molar-refractivity contribution in [1.29, 1.82) is 5.26 Å². The highest BCUT2D eigenvalue weighted by Gasteiger charge is 2.13. The Morgan fingerprint density at radius 2 is 2.09 bits per heavy atom. The van der Waals surface area contributed by atoms with E-state index in [0.29, 0.717) is 29.1 Å². The number of nitriles is 1. The van der Waals surface area contributed by atoms with E-state index in [2.05, 4.69) is 21.4 Å². The van der Waals surface area contributed by atoms with E-state index in [0.717, 1.165) is 5.52 Å². The topological polar surface area (TPSA) is 83.6 Å². The van der Waals surface area contributed by atoms with Gasteiger partial charge in [0.05, 0.1) is 22.7 Å². The fourth-order valence-corrected chi connectivity index (χ4v) is 2.29. The summed E-state index contributed by atoms with van der Waals surface area (Å²) in [5, 5.41) is 11.8. The largest absolute Gasteiger partial charge is 0.310 e. The SMILES string of the molecule is CCn1c(NC(=O)c2ccncc2)nc2cc(C#N)ccc21. The normalized spacial score (nSPS) is 10.4. The molecule has 0 saturated carbocycles. The predicted molar refractivity (Wildman–Crippen MR) is 82.3 cm³/mol. The fraction of sp³-hybridized carbons (Fsp3) is 0.125. The third-order valence-electron chi connectivity index (χ3n) is 3.36. The predicted octanol–water partition coefficient (Wildman–Crippen LogP) is 2.58. The Morgan fingerprint density at radius 3 is 2.77 bits per heavy atom. The lowest BCUT2D eigenvalue weighted by atomic mass is 10.2. The maximum Gasteiger partial charge on any atom is 0.258 e. The van der Waals surface area contributed by atoms with Gasteiger partial charge in [-0.2, -0.15) is 5.26 Å². The van der Waals surface area contributed by atoms with Crippen LogP contribution < -0.4 is 5.32 Å². The molecule has 22 heavy (non-hydrogen) atoms. The van der Waals surface area contributed by atoms with E-state index in [9.17, 15) is 4.79 Å². The van der Waals surface area contributed by atoms with Crippen LogP contribution in [-0.2, 0) is 6.54 Å². The Balaban J connectivity index is 2.00. The molecule has 0 fully saturated rings. The Kier molecular flexibility index (Phi) is 3.54. The third kappa shape index (κ3) is 2.40. The molecule has 3 rings (SSSR count). The summed E-state index contributed by atoms with van der Waals surface area (Å²) in [5.41, 5.74) is 2.63. The number of nitrogens with one attached hydrogen (secondary N) is 1. The van der Waals surface area contributed by atoms with Crippen molar-refractivity contribution in [3.8, 4) is 6.07 Å². The van der Waals surface area contributed by atoms with Crippen LogP contribution in [0.3, 0.4) is 0 Å². The summed E-state index contributed by atoms with van der Waals surface area (Å²) in [6.45, 7) is 2.63. The number of imidazole rings is 1. The second kappa shape index (κ2) is 5.66. The number of pyridine rings is 1. The molecule has 3 aromatic rings.